The van der Waals surface area contributed by atoms with Crippen molar-refractivity contribution in [1.82, 2.24) is 0 Å². The van der Waals surface area contributed by atoms with Gasteiger partial charge in [-0.25, -0.2) is 0 Å². The summed E-state index contributed by atoms with van der Waals surface area (Å²) in [5, 5.41) is 3.54. The van der Waals surface area contributed by atoms with Crippen molar-refractivity contribution in [1.29, 1.82) is 0 Å². The quantitative estimate of drug-likeness (QED) is 0.577. The van der Waals surface area contributed by atoms with Crippen LogP contribution < -0.4 is 15.0 Å². The molecule has 1 aliphatic carbocycles. The van der Waals surface area contributed by atoms with Crippen LogP contribution in [0.4, 0.5) is 11.4 Å². The summed E-state index contributed by atoms with van der Waals surface area (Å²) in [4.78, 5) is 28.5. The summed E-state index contributed by atoms with van der Waals surface area (Å²) in [5.74, 6) is 0.820. The van der Waals surface area contributed by atoms with Gasteiger partial charge in [-0.3, -0.25) is 14.5 Å². The zero-order valence-electron chi connectivity index (χ0n) is 18.7. The molecule has 1 amide bonds. The fourth-order valence-corrected chi connectivity index (χ4v) is 5.00. The summed E-state index contributed by atoms with van der Waals surface area (Å²) in [6.07, 6.45) is 1.09. The maximum Gasteiger partial charge on any atom is 0.224 e. The summed E-state index contributed by atoms with van der Waals surface area (Å²) in [5.41, 5.74) is 5.21. The van der Waals surface area contributed by atoms with E-state index in [2.05, 4.69) is 5.32 Å². The second-order valence-electron chi connectivity index (χ2n) is 8.54. The molecule has 5 heteroatoms. The second kappa shape index (κ2) is 8.58. The number of nitrogens with one attached hydrogen (secondary N) is 1. The summed E-state index contributed by atoms with van der Waals surface area (Å²) >= 11 is 0. The number of carbonyl (C=O) groups excluding carboxylic acids is 2. The highest BCUT2D eigenvalue weighted by Gasteiger charge is 2.40. The second-order valence-corrected chi connectivity index (χ2v) is 8.54. The van der Waals surface area contributed by atoms with Crippen molar-refractivity contribution in [3.05, 3.63) is 101 Å². The van der Waals surface area contributed by atoms with Crippen LogP contribution in [-0.4, -0.2) is 18.8 Å². The van der Waals surface area contributed by atoms with Crippen LogP contribution in [0.3, 0.4) is 0 Å². The van der Waals surface area contributed by atoms with Gasteiger partial charge in [0.05, 0.1) is 24.5 Å². The van der Waals surface area contributed by atoms with Crippen molar-refractivity contribution in [2.75, 3.05) is 17.3 Å². The van der Waals surface area contributed by atoms with Gasteiger partial charge in [0.15, 0.2) is 5.78 Å². The minimum absolute atomic E-state index is 0.0575. The van der Waals surface area contributed by atoms with Crippen LogP contribution in [0.15, 0.2) is 90.1 Å². The minimum atomic E-state index is -0.473. The number of fused-ring (bicyclic) bond motifs is 1. The van der Waals surface area contributed by atoms with E-state index in [1.165, 1.54) is 0 Å². The summed E-state index contributed by atoms with van der Waals surface area (Å²) < 4.78 is 5.29. The Balaban J connectivity index is 1.66. The van der Waals surface area contributed by atoms with Gasteiger partial charge in [0.1, 0.15) is 5.75 Å². The van der Waals surface area contributed by atoms with E-state index < -0.39 is 6.04 Å². The van der Waals surface area contributed by atoms with E-state index in [1.807, 2.05) is 78.9 Å². The molecule has 5 rings (SSSR count). The van der Waals surface area contributed by atoms with Crippen molar-refractivity contribution in [3.63, 3.8) is 0 Å². The Hall–Kier alpha value is -3.86. The number of hydrogen-bond donors (Lipinski definition) is 1. The molecule has 1 aliphatic heterocycles. The normalized spacial score (nSPS) is 19.8. The maximum atomic E-state index is 13.7. The summed E-state index contributed by atoms with van der Waals surface area (Å²) in [7, 11) is 1.65. The van der Waals surface area contributed by atoms with Gasteiger partial charge in [-0.15, -0.1) is 0 Å². The molecule has 1 N–H and O–H groups in total. The van der Waals surface area contributed by atoms with Crippen molar-refractivity contribution in [3.8, 4) is 5.75 Å². The number of amides is 1. The monoisotopic (exact) mass is 438 g/mol. The van der Waals surface area contributed by atoms with Crippen LogP contribution in [0.2, 0.25) is 0 Å². The number of benzene rings is 3. The van der Waals surface area contributed by atoms with Gasteiger partial charge in [0, 0.05) is 24.6 Å². The molecule has 1 heterocycles. The first-order valence-corrected chi connectivity index (χ1v) is 11.2. The number of para-hydroxylation sites is 2. The van der Waals surface area contributed by atoms with E-state index in [9.17, 15) is 9.59 Å². The Kier molecular flexibility index (Phi) is 5.47. The summed E-state index contributed by atoms with van der Waals surface area (Å²) in [6.45, 7) is 1.56. The lowest BCUT2D eigenvalue weighted by Crippen LogP contribution is -2.37. The van der Waals surface area contributed by atoms with Gasteiger partial charge in [0.25, 0.3) is 0 Å². The topological polar surface area (TPSA) is 58.6 Å². The van der Waals surface area contributed by atoms with E-state index in [-0.39, 0.29) is 17.6 Å². The molecule has 3 aromatic rings. The Morgan fingerprint density at radius 2 is 1.61 bits per heavy atom. The van der Waals surface area contributed by atoms with E-state index in [0.29, 0.717) is 18.4 Å². The van der Waals surface area contributed by atoms with Gasteiger partial charge in [-0.1, -0.05) is 54.6 Å². The van der Waals surface area contributed by atoms with Crippen molar-refractivity contribution >= 4 is 23.1 Å². The van der Waals surface area contributed by atoms with E-state index in [1.54, 1.807) is 18.9 Å². The lowest BCUT2D eigenvalue weighted by atomic mass is 9.78. The SMILES string of the molecule is COc1ccc([C@H]2CC(=O)C3=C(C2)Nc2ccccc2N(C(C)=O)[C@H]3c2ccccc2)cc1. The minimum Gasteiger partial charge on any atom is -0.497 e. The van der Waals surface area contributed by atoms with Crippen LogP contribution in [0.25, 0.3) is 0 Å². The van der Waals surface area contributed by atoms with Crippen molar-refractivity contribution in [2.45, 2.75) is 31.7 Å². The fraction of sp³-hybridized carbons (Fsp3) is 0.214. The van der Waals surface area contributed by atoms with Gasteiger partial charge in [-0.05, 0) is 47.7 Å². The molecular weight excluding hydrogens is 412 g/mol. The molecule has 5 nitrogen and oxygen atoms in total. The fourth-order valence-electron chi connectivity index (χ4n) is 5.00. The third kappa shape index (κ3) is 3.80. The zero-order chi connectivity index (χ0) is 22.9. The third-order valence-electron chi connectivity index (χ3n) is 6.53. The number of ketones is 1. The highest BCUT2D eigenvalue weighted by molar-refractivity contribution is 6.05. The number of anilines is 2. The van der Waals surface area contributed by atoms with Crippen LogP contribution in [-0.2, 0) is 9.59 Å². The Labute approximate surface area is 193 Å². The molecule has 0 bridgehead atoms. The average Bonchev–Trinajstić information content (AvgIpc) is 2.99. The van der Waals surface area contributed by atoms with Gasteiger partial charge in [0.2, 0.25) is 5.91 Å². The molecule has 33 heavy (non-hydrogen) atoms. The maximum absolute atomic E-state index is 13.7. The number of nitrogens with zero attached hydrogens (tertiary/aromatic N) is 1. The lowest BCUT2D eigenvalue weighted by Gasteiger charge is -2.34. The lowest BCUT2D eigenvalue weighted by molar-refractivity contribution is -0.117. The predicted molar refractivity (Wildman–Crippen MR) is 129 cm³/mol. The first-order chi connectivity index (χ1) is 16.1. The van der Waals surface area contributed by atoms with Crippen LogP contribution in [0, 0.1) is 0 Å². The van der Waals surface area contributed by atoms with E-state index in [0.717, 1.165) is 33.9 Å². The molecule has 3 aromatic carbocycles. The highest BCUT2D eigenvalue weighted by Crippen LogP contribution is 2.47. The third-order valence-corrected chi connectivity index (χ3v) is 6.53. The molecule has 0 fully saturated rings. The summed E-state index contributed by atoms with van der Waals surface area (Å²) in [6, 6.07) is 25.0. The number of ether oxygens (including phenoxy) is 1. The number of methoxy groups -OCH3 is 1. The van der Waals surface area contributed by atoms with Crippen LogP contribution >= 0.6 is 0 Å². The molecule has 0 unspecified atom stereocenters. The molecule has 0 saturated carbocycles. The van der Waals surface area contributed by atoms with Crippen molar-refractivity contribution in [2.24, 2.45) is 0 Å². The van der Waals surface area contributed by atoms with Crippen molar-refractivity contribution < 1.29 is 14.3 Å². The van der Waals surface area contributed by atoms with Crippen LogP contribution in [0.5, 0.6) is 5.75 Å². The number of Topliss-reactive ketones (excluding diaryl/α,β-unsaturated/α-hetero) is 1. The Morgan fingerprint density at radius 3 is 2.30 bits per heavy atom. The Bertz CT molecular complexity index is 1230. The van der Waals surface area contributed by atoms with Crippen LogP contribution in [0.1, 0.15) is 42.9 Å². The number of carbonyl (C=O) groups is 2. The molecule has 0 saturated heterocycles. The van der Waals surface area contributed by atoms with Gasteiger partial charge < -0.3 is 10.1 Å². The van der Waals surface area contributed by atoms with Gasteiger partial charge >= 0.3 is 0 Å². The molecule has 0 radical (unpaired) electrons. The number of rotatable bonds is 3. The molecule has 2 aliphatic rings. The first-order valence-electron chi connectivity index (χ1n) is 11.2. The van der Waals surface area contributed by atoms with E-state index >= 15 is 0 Å². The predicted octanol–water partition coefficient (Wildman–Crippen LogP) is 5.62. The molecule has 2 atom stereocenters. The highest BCUT2D eigenvalue weighted by atomic mass is 16.5. The molecule has 0 aromatic heterocycles. The van der Waals surface area contributed by atoms with Gasteiger partial charge in [-0.2, -0.15) is 0 Å². The molecular formula is C28H26N2O3. The standard InChI is InChI=1S/C28H26N2O3/c1-18(31)30-25-11-7-6-10-23(25)29-24-16-21(19-12-14-22(33-2)15-13-19)17-26(32)27(24)28(30)20-8-4-3-5-9-20/h3-15,21,28-29H,16-17H2,1-2H3/t21-,28+/m1/s1. The number of allylic oxidation sites excluding steroid dienone is 1. The largest absolute Gasteiger partial charge is 0.497 e. The van der Waals surface area contributed by atoms with E-state index in [4.69, 9.17) is 4.74 Å². The Morgan fingerprint density at radius 1 is 0.909 bits per heavy atom. The number of hydrogen-bond acceptors (Lipinski definition) is 4. The molecule has 166 valence electrons. The smallest absolute Gasteiger partial charge is 0.224 e. The zero-order valence-corrected chi connectivity index (χ0v) is 18.7. The molecule has 0 spiro atoms. The first kappa shape index (κ1) is 21.0. The average molecular weight is 439 g/mol.